The van der Waals surface area contributed by atoms with Gasteiger partial charge in [0.1, 0.15) is 11.6 Å². The molecule has 0 aliphatic carbocycles. The van der Waals surface area contributed by atoms with Crippen LogP contribution in [-0.2, 0) is 9.53 Å². The molecule has 1 aromatic heterocycles. The highest BCUT2D eigenvalue weighted by Gasteiger charge is 2.36. The Morgan fingerprint density at radius 1 is 1.19 bits per heavy atom. The van der Waals surface area contributed by atoms with E-state index in [-0.39, 0.29) is 5.91 Å². The minimum atomic E-state index is -0.729. The Morgan fingerprint density at radius 2 is 1.92 bits per heavy atom. The molecular weight excluding hydrogens is 332 g/mol. The lowest BCUT2D eigenvalue weighted by atomic mass is 9.97. The molecule has 7 heteroatoms. The van der Waals surface area contributed by atoms with E-state index < -0.39 is 23.8 Å². The number of hydrogen-bond donors (Lipinski definition) is 3. The summed E-state index contributed by atoms with van der Waals surface area (Å²) in [5.41, 5.74) is 0.755. The number of pyridine rings is 1. The summed E-state index contributed by atoms with van der Waals surface area (Å²) in [7, 11) is 0. The lowest BCUT2D eigenvalue weighted by Crippen LogP contribution is -2.50. The highest BCUT2D eigenvalue weighted by molar-refractivity contribution is 6.02. The van der Waals surface area contributed by atoms with E-state index in [1.54, 1.807) is 39.1 Å². The summed E-state index contributed by atoms with van der Waals surface area (Å²) in [5.74, 6) is 0.305. The zero-order chi connectivity index (χ0) is 18.7. The van der Waals surface area contributed by atoms with Crippen molar-refractivity contribution in [1.82, 2.24) is 10.3 Å². The van der Waals surface area contributed by atoms with Gasteiger partial charge in [-0.2, -0.15) is 0 Å². The molecular formula is C19H22N4O3. The smallest absolute Gasteiger partial charge is 0.408 e. The highest BCUT2D eigenvalue weighted by Crippen LogP contribution is 2.29. The number of nitrogens with one attached hydrogen (secondary N) is 3. The van der Waals surface area contributed by atoms with Crippen molar-refractivity contribution in [3.63, 3.8) is 0 Å². The molecule has 2 heterocycles. The maximum Gasteiger partial charge on any atom is 0.408 e. The van der Waals surface area contributed by atoms with Gasteiger partial charge in [-0.3, -0.25) is 4.79 Å². The molecule has 1 aromatic carbocycles. The lowest BCUT2D eigenvalue weighted by molar-refractivity contribution is -0.117. The van der Waals surface area contributed by atoms with Gasteiger partial charge in [-0.15, -0.1) is 0 Å². The average molecular weight is 354 g/mol. The van der Waals surface area contributed by atoms with Crippen LogP contribution in [0.5, 0.6) is 0 Å². The molecule has 7 nitrogen and oxygen atoms in total. The molecule has 0 fully saturated rings. The lowest BCUT2D eigenvalue weighted by Gasteiger charge is -2.33. The van der Waals surface area contributed by atoms with Gasteiger partial charge < -0.3 is 20.7 Å². The Balaban J connectivity index is 1.89. The van der Waals surface area contributed by atoms with E-state index in [1.807, 2.05) is 30.3 Å². The van der Waals surface area contributed by atoms with Crippen molar-refractivity contribution in [3.05, 3.63) is 54.2 Å². The number of anilines is 2. The first-order valence-electron chi connectivity index (χ1n) is 8.40. The topological polar surface area (TPSA) is 92.3 Å². The number of hydrogen-bond acceptors (Lipinski definition) is 5. The number of amides is 2. The first-order valence-corrected chi connectivity index (χ1v) is 8.40. The third-order valence-corrected chi connectivity index (χ3v) is 3.80. The SMILES string of the molecule is CC(C)(C)OC(=O)N[C@H](c1ccccc1)[C@H]1Nc2ncccc2NC1=O. The fourth-order valence-electron chi connectivity index (χ4n) is 2.73. The molecule has 3 rings (SSSR count). The molecule has 1 aliphatic heterocycles. The van der Waals surface area contributed by atoms with Crippen LogP contribution >= 0.6 is 0 Å². The van der Waals surface area contributed by atoms with Crippen LogP contribution in [0.2, 0.25) is 0 Å². The van der Waals surface area contributed by atoms with Crippen LogP contribution in [0.1, 0.15) is 32.4 Å². The molecule has 0 spiro atoms. The Bertz CT molecular complexity index is 802. The van der Waals surface area contributed by atoms with Gasteiger partial charge in [0.15, 0.2) is 5.82 Å². The van der Waals surface area contributed by atoms with Crippen LogP contribution in [0.15, 0.2) is 48.7 Å². The fourth-order valence-corrected chi connectivity index (χ4v) is 2.73. The van der Waals surface area contributed by atoms with Crippen LogP contribution in [0.4, 0.5) is 16.3 Å². The van der Waals surface area contributed by atoms with Crippen LogP contribution in [0.3, 0.4) is 0 Å². The van der Waals surface area contributed by atoms with Gasteiger partial charge in [0, 0.05) is 6.20 Å². The minimum Gasteiger partial charge on any atom is -0.444 e. The quantitative estimate of drug-likeness (QED) is 0.788. The number of carbonyl (C=O) groups excluding carboxylic acids is 2. The third-order valence-electron chi connectivity index (χ3n) is 3.80. The zero-order valence-electron chi connectivity index (χ0n) is 14.9. The van der Waals surface area contributed by atoms with Gasteiger partial charge in [-0.1, -0.05) is 30.3 Å². The van der Waals surface area contributed by atoms with Gasteiger partial charge in [-0.25, -0.2) is 9.78 Å². The Kier molecular flexibility index (Phi) is 4.79. The van der Waals surface area contributed by atoms with Crippen molar-refractivity contribution < 1.29 is 14.3 Å². The second-order valence-corrected chi connectivity index (χ2v) is 7.05. The summed E-state index contributed by atoms with van der Waals surface area (Å²) in [5, 5.41) is 8.75. The molecule has 1 aliphatic rings. The van der Waals surface area contributed by atoms with Crippen molar-refractivity contribution >= 4 is 23.5 Å². The molecule has 26 heavy (non-hydrogen) atoms. The molecule has 0 bridgehead atoms. The molecule has 2 amide bonds. The average Bonchev–Trinajstić information content (AvgIpc) is 2.58. The van der Waals surface area contributed by atoms with E-state index in [2.05, 4.69) is 20.9 Å². The number of nitrogens with zero attached hydrogens (tertiary/aromatic N) is 1. The summed E-state index contributed by atoms with van der Waals surface area (Å²) >= 11 is 0. The number of aromatic nitrogens is 1. The van der Waals surface area contributed by atoms with Crippen LogP contribution < -0.4 is 16.0 Å². The monoisotopic (exact) mass is 354 g/mol. The van der Waals surface area contributed by atoms with Gasteiger partial charge in [-0.05, 0) is 38.5 Å². The number of rotatable bonds is 3. The molecule has 2 atom stereocenters. The molecule has 136 valence electrons. The summed E-state index contributed by atoms with van der Waals surface area (Å²) in [6.07, 6.45) is 1.05. The van der Waals surface area contributed by atoms with Crippen molar-refractivity contribution in [2.75, 3.05) is 10.6 Å². The molecule has 0 saturated carbocycles. The summed E-state index contributed by atoms with van der Waals surface area (Å²) < 4.78 is 5.36. The standard InChI is InChI=1S/C19H22N4O3/c1-19(2,3)26-18(25)23-14(12-8-5-4-6-9-12)15-17(24)21-13-10-7-11-20-16(13)22-15/h4-11,14-15H,1-3H3,(H,20,22)(H,21,24)(H,23,25)/t14-,15-/m1/s1. The second kappa shape index (κ2) is 7.03. The van der Waals surface area contributed by atoms with E-state index in [0.29, 0.717) is 11.5 Å². The molecule has 0 radical (unpaired) electrons. The van der Waals surface area contributed by atoms with E-state index in [1.165, 1.54) is 0 Å². The van der Waals surface area contributed by atoms with Crippen molar-refractivity contribution in [1.29, 1.82) is 0 Å². The maximum atomic E-state index is 12.6. The summed E-state index contributed by atoms with van der Waals surface area (Å²) in [6.45, 7) is 5.36. The van der Waals surface area contributed by atoms with E-state index in [9.17, 15) is 9.59 Å². The number of alkyl carbamates (subject to hydrolysis) is 1. The number of ether oxygens (including phenoxy) is 1. The Labute approximate surface area is 152 Å². The van der Waals surface area contributed by atoms with Crippen molar-refractivity contribution in [3.8, 4) is 0 Å². The Hall–Kier alpha value is -3.09. The molecule has 3 N–H and O–H groups in total. The van der Waals surface area contributed by atoms with Crippen LogP contribution in [-0.4, -0.2) is 28.6 Å². The third kappa shape index (κ3) is 4.11. The first-order chi connectivity index (χ1) is 12.3. The largest absolute Gasteiger partial charge is 0.444 e. The maximum absolute atomic E-state index is 12.6. The highest BCUT2D eigenvalue weighted by atomic mass is 16.6. The van der Waals surface area contributed by atoms with E-state index >= 15 is 0 Å². The van der Waals surface area contributed by atoms with Gasteiger partial charge in [0.2, 0.25) is 5.91 Å². The van der Waals surface area contributed by atoms with E-state index in [0.717, 1.165) is 5.56 Å². The summed E-state index contributed by atoms with van der Waals surface area (Å²) in [4.78, 5) is 29.2. The fraction of sp³-hybridized carbons (Fsp3) is 0.316. The van der Waals surface area contributed by atoms with Crippen LogP contribution in [0.25, 0.3) is 0 Å². The van der Waals surface area contributed by atoms with Crippen LogP contribution in [0, 0.1) is 0 Å². The van der Waals surface area contributed by atoms with Gasteiger partial charge >= 0.3 is 6.09 Å². The molecule has 0 saturated heterocycles. The number of benzene rings is 1. The van der Waals surface area contributed by atoms with Crippen molar-refractivity contribution in [2.24, 2.45) is 0 Å². The summed E-state index contributed by atoms with van der Waals surface area (Å²) in [6, 6.07) is 11.4. The zero-order valence-corrected chi connectivity index (χ0v) is 14.9. The minimum absolute atomic E-state index is 0.254. The van der Waals surface area contributed by atoms with Gasteiger partial charge in [0.25, 0.3) is 0 Å². The van der Waals surface area contributed by atoms with Crippen molar-refractivity contribution in [2.45, 2.75) is 38.5 Å². The van der Waals surface area contributed by atoms with E-state index in [4.69, 9.17) is 4.74 Å². The molecule has 2 aromatic rings. The molecule has 0 unspecified atom stereocenters. The Morgan fingerprint density at radius 3 is 2.62 bits per heavy atom. The number of carbonyl (C=O) groups is 2. The van der Waals surface area contributed by atoms with Gasteiger partial charge in [0.05, 0.1) is 11.7 Å². The predicted molar refractivity (Wildman–Crippen MR) is 98.8 cm³/mol. The number of fused-ring (bicyclic) bond motifs is 1. The first kappa shape index (κ1) is 17.7. The second-order valence-electron chi connectivity index (χ2n) is 7.05. The predicted octanol–water partition coefficient (Wildman–Crippen LogP) is 3.08. The normalized spacial score (nSPS) is 17.3.